The Bertz CT molecular complexity index is 818. The zero-order valence-corrected chi connectivity index (χ0v) is 12.9. The molecule has 1 aromatic carbocycles. The molecule has 0 spiro atoms. The minimum Gasteiger partial charge on any atom is -0.438 e. The second kappa shape index (κ2) is 6.20. The molecule has 23 heavy (non-hydrogen) atoms. The lowest BCUT2D eigenvalue weighted by Gasteiger charge is -2.05. The molecule has 0 radical (unpaired) electrons. The van der Waals surface area contributed by atoms with Gasteiger partial charge < -0.3 is 4.74 Å². The number of nitrogens with one attached hydrogen (secondary N) is 1. The van der Waals surface area contributed by atoms with Crippen LogP contribution in [0.1, 0.15) is 11.0 Å². The molecule has 0 unspecified atom stereocenters. The molecule has 1 aliphatic rings. The van der Waals surface area contributed by atoms with E-state index in [0.717, 1.165) is 15.4 Å². The lowest BCUT2D eigenvalue weighted by Crippen LogP contribution is -2.11. The number of benzene rings is 1. The molecule has 3 aromatic rings. The molecule has 0 fully saturated rings. The lowest BCUT2D eigenvalue weighted by molar-refractivity contribution is 0.0289. The summed E-state index contributed by atoms with van der Waals surface area (Å²) in [4.78, 5) is 15.1. The van der Waals surface area contributed by atoms with Crippen molar-refractivity contribution in [2.24, 2.45) is 0 Å². The number of hydroxylamine groups is 1. The Morgan fingerprint density at radius 3 is 2.83 bits per heavy atom. The molecular formula is C17H13N3O2S. The van der Waals surface area contributed by atoms with Gasteiger partial charge in [0.25, 0.3) is 0 Å². The molecule has 114 valence electrons. The maximum absolute atomic E-state index is 5.67. The topological polar surface area (TPSA) is 56.3 Å². The van der Waals surface area contributed by atoms with Crippen LogP contribution in [-0.2, 0) is 4.84 Å². The van der Waals surface area contributed by atoms with Crippen LogP contribution in [0, 0.1) is 0 Å². The maximum atomic E-state index is 5.67. The van der Waals surface area contributed by atoms with Gasteiger partial charge in [-0.2, -0.15) is 0 Å². The van der Waals surface area contributed by atoms with E-state index in [1.165, 1.54) is 0 Å². The van der Waals surface area contributed by atoms with Crippen molar-refractivity contribution >= 4 is 11.3 Å². The van der Waals surface area contributed by atoms with Crippen molar-refractivity contribution in [1.29, 1.82) is 0 Å². The van der Waals surface area contributed by atoms with Gasteiger partial charge >= 0.3 is 0 Å². The summed E-state index contributed by atoms with van der Waals surface area (Å²) in [6, 6.07) is 13.7. The van der Waals surface area contributed by atoms with E-state index in [9.17, 15) is 0 Å². The van der Waals surface area contributed by atoms with Gasteiger partial charge in [-0.3, -0.25) is 9.82 Å². The standard InChI is InChI=1S/C17H13N3O2S/c1-2-5-12(6-3-1)17-19-11-15(23-17)14-9-16(20-22-14)21-13-7-4-8-18-10-13/h1-11,14,20H/t14-/m1/s1. The van der Waals surface area contributed by atoms with Crippen LogP contribution in [0.4, 0.5) is 0 Å². The highest BCUT2D eigenvalue weighted by atomic mass is 32.1. The third kappa shape index (κ3) is 3.08. The van der Waals surface area contributed by atoms with E-state index in [1.807, 2.05) is 54.7 Å². The number of pyridine rings is 1. The number of aromatic nitrogens is 2. The van der Waals surface area contributed by atoms with Crippen molar-refractivity contribution < 1.29 is 9.57 Å². The van der Waals surface area contributed by atoms with Crippen molar-refractivity contribution in [3.8, 4) is 16.3 Å². The SMILES string of the molecule is C1=C(Oc2cccnc2)NO[C@H]1c1cnc(-c2ccccc2)s1. The van der Waals surface area contributed by atoms with Crippen LogP contribution in [0.15, 0.2) is 73.0 Å². The van der Waals surface area contributed by atoms with Gasteiger partial charge in [0.15, 0.2) is 0 Å². The molecule has 1 aliphatic heterocycles. The van der Waals surface area contributed by atoms with Gasteiger partial charge in [-0.15, -0.1) is 11.3 Å². The Hall–Kier alpha value is -2.70. The smallest absolute Gasteiger partial charge is 0.216 e. The monoisotopic (exact) mass is 323 g/mol. The maximum Gasteiger partial charge on any atom is 0.216 e. The van der Waals surface area contributed by atoms with E-state index in [4.69, 9.17) is 9.57 Å². The number of hydrogen-bond acceptors (Lipinski definition) is 6. The first kappa shape index (κ1) is 13.9. The van der Waals surface area contributed by atoms with Crippen LogP contribution in [0.5, 0.6) is 5.75 Å². The number of nitrogens with zero attached hydrogens (tertiary/aromatic N) is 2. The number of hydrogen-bond donors (Lipinski definition) is 1. The molecule has 0 bridgehead atoms. The van der Waals surface area contributed by atoms with E-state index in [-0.39, 0.29) is 6.10 Å². The van der Waals surface area contributed by atoms with Crippen LogP contribution in [-0.4, -0.2) is 9.97 Å². The fourth-order valence-electron chi connectivity index (χ4n) is 2.19. The first-order chi connectivity index (χ1) is 11.4. The second-order valence-corrected chi connectivity index (χ2v) is 5.96. The predicted molar refractivity (Wildman–Crippen MR) is 87.5 cm³/mol. The second-order valence-electron chi connectivity index (χ2n) is 4.90. The summed E-state index contributed by atoms with van der Waals surface area (Å²) in [5.41, 5.74) is 3.90. The van der Waals surface area contributed by atoms with Crippen LogP contribution < -0.4 is 10.2 Å². The zero-order chi connectivity index (χ0) is 15.5. The highest BCUT2D eigenvalue weighted by Gasteiger charge is 2.22. The summed E-state index contributed by atoms with van der Waals surface area (Å²) < 4.78 is 5.67. The fraction of sp³-hybridized carbons (Fsp3) is 0.0588. The molecule has 0 saturated carbocycles. The Kier molecular flexibility index (Phi) is 3.75. The van der Waals surface area contributed by atoms with Gasteiger partial charge in [0, 0.05) is 24.0 Å². The van der Waals surface area contributed by atoms with Crippen LogP contribution >= 0.6 is 11.3 Å². The molecule has 0 amide bonds. The normalized spacial score (nSPS) is 16.7. The zero-order valence-electron chi connectivity index (χ0n) is 12.0. The quantitative estimate of drug-likeness (QED) is 0.793. The number of rotatable bonds is 4. The van der Waals surface area contributed by atoms with E-state index in [1.54, 1.807) is 23.7 Å². The molecule has 1 atom stereocenters. The summed E-state index contributed by atoms with van der Waals surface area (Å²) in [5.74, 6) is 1.21. The van der Waals surface area contributed by atoms with Gasteiger partial charge in [-0.1, -0.05) is 30.3 Å². The number of ether oxygens (including phenoxy) is 1. The molecule has 4 rings (SSSR count). The van der Waals surface area contributed by atoms with Crippen molar-refractivity contribution in [3.63, 3.8) is 0 Å². The van der Waals surface area contributed by atoms with E-state index < -0.39 is 0 Å². The van der Waals surface area contributed by atoms with Crippen LogP contribution in [0.3, 0.4) is 0 Å². The summed E-state index contributed by atoms with van der Waals surface area (Å²) in [7, 11) is 0. The molecule has 1 N–H and O–H groups in total. The van der Waals surface area contributed by atoms with Gasteiger partial charge in [0.1, 0.15) is 16.9 Å². The summed E-state index contributed by atoms with van der Waals surface area (Å²) in [6.07, 6.45) is 6.86. The Balaban J connectivity index is 1.50. The Labute approximate surface area is 137 Å². The molecule has 5 nitrogen and oxygen atoms in total. The fourth-order valence-corrected chi connectivity index (χ4v) is 3.11. The van der Waals surface area contributed by atoms with E-state index >= 15 is 0 Å². The van der Waals surface area contributed by atoms with Crippen LogP contribution in [0.25, 0.3) is 10.6 Å². The minimum absolute atomic E-state index is 0.211. The highest BCUT2D eigenvalue weighted by molar-refractivity contribution is 7.15. The van der Waals surface area contributed by atoms with Gasteiger partial charge in [-0.05, 0) is 12.1 Å². The van der Waals surface area contributed by atoms with E-state index in [0.29, 0.717) is 11.6 Å². The predicted octanol–water partition coefficient (Wildman–Crippen LogP) is 3.70. The average molecular weight is 323 g/mol. The van der Waals surface area contributed by atoms with Gasteiger partial charge in [0.2, 0.25) is 5.88 Å². The number of thiazole rings is 1. The van der Waals surface area contributed by atoms with Crippen molar-refractivity contribution in [1.82, 2.24) is 15.4 Å². The Morgan fingerprint density at radius 1 is 1.09 bits per heavy atom. The molecule has 3 heterocycles. The van der Waals surface area contributed by atoms with Gasteiger partial charge in [0.05, 0.1) is 11.1 Å². The first-order valence-electron chi connectivity index (χ1n) is 7.11. The van der Waals surface area contributed by atoms with Crippen molar-refractivity contribution in [3.05, 3.63) is 77.9 Å². The molecule has 6 heteroatoms. The summed E-state index contributed by atoms with van der Waals surface area (Å²) in [6.45, 7) is 0. The molecule has 0 saturated heterocycles. The van der Waals surface area contributed by atoms with Gasteiger partial charge in [-0.25, -0.2) is 10.5 Å². The summed E-state index contributed by atoms with van der Waals surface area (Å²) >= 11 is 1.60. The largest absolute Gasteiger partial charge is 0.438 e. The molecular weight excluding hydrogens is 310 g/mol. The van der Waals surface area contributed by atoms with Crippen LogP contribution in [0.2, 0.25) is 0 Å². The van der Waals surface area contributed by atoms with Crippen molar-refractivity contribution in [2.45, 2.75) is 6.10 Å². The first-order valence-corrected chi connectivity index (χ1v) is 7.93. The average Bonchev–Trinajstić information content (AvgIpc) is 3.26. The summed E-state index contributed by atoms with van der Waals surface area (Å²) in [5, 5.41) is 0.972. The molecule has 0 aliphatic carbocycles. The third-order valence-electron chi connectivity index (χ3n) is 3.28. The van der Waals surface area contributed by atoms with E-state index in [2.05, 4.69) is 15.4 Å². The highest BCUT2D eigenvalue weighted by Crippen LogP contribution is 2.33. The lowest BCUT2D eigenvalue weighted by atomic mass is 10.2. The minimum atomic E-state index is -0.211. The third-order valence-corrected chi connectivity index (χ3v) is 4.38. The van der Waals surface area contributed by atoms with Crippen molar-refractivity contribution in [2.75, 3.05) is 0 Å². The Morgan fingerprint density at radius 2 is 2.00 bits per heavy atom. The molecule has 2 aromatic heterocycles.